The first kappa shape index (κ1) is 14.8. The molecule has 3 nitrogen and oxygen atoms in total. The van der Waals surface area contributed by atoms with Crippen molar-refractivity contribution in [3.8, 4) is 0 Å². The summed E-state index contributed by atoms with van der Waals surface area (Å²) in [5, 5.41) is 4.16. The first-order valence-corrected chi connectivity index (χ1v) is 8.15. The molecule has 19 heavy (non-hydrogen) atoms. The zero-order valence-corrected chi connectivity index (χ0v) is 12.7. The first-order valence-electron chi connectivity index (χ1n) is 7.27. The van der Waals surface area contributed by atoms with E-state index < -0.39 is 0 Å². The fraction of sp³-hybridized carbons (Fsp3) is 0.667. The van der Waals surface area contributed by atoms with Crippen molar-refractivity contribution < 1.29 is 4.74 Å². The highest BCUT2D eigenvalue weighted by atomic mass is 32.2. The molecule has 2 heterocycles. The maximum atomic E-state index is 5.39. The molecule has 0 amide bonds. The molecule has 1 unspecified atom stereocenters. The van der Waals surface area contributed by atoms with Crippen LogP contribution in [0.15, 0.2) is 23.2 Å². The van der Waals surface area contributed by atoms with E-state index in [0.29, 0.717) is 11.3 Å². The molecule has 0 radical (unpaired) electrons. The van der Waals surface area contributed by atoms with Crippen LogP contribution in [0.1, 0.15) is 44.8 Å². The summed E-state index contributed by atoms with van der Waals surface area (Å²) >= 11 is 1.94. The summed E-state index contributed by atoms with van der Waals surface area (Å²) in [5.41, 5.74) is 1.15. The molecule has 1 fully saturated rings. The van der Waals surface area contributed by atoms with E-state index in [1.165, 1.54) is 4.90 Å². The van der Waals surface area contributed by atoms with E-state index in [2.05, 4.69) is 36.3 Å². The van der Waals surface area contributed by atoms with Gasteiger partial charge in [-0.15, -0.1) is 11.8 Å². The number of ether oxygens (including phenoxy) is 1. The third-order valence-corrected chi connectivity index (χ3v) is 4.76. The lowest BCUT2D eigenvalue weighted by Gasteiger charge is -2.21. The van der Waals surface area contributed by atoms with Gasteiger partial charge in [0.15, 0.2) is 0 Å². The van der Waals surface area contributed by atoms with Crippen LogP contribution in [0.4, 0.5) is 0 Å². The fourth-order valence-corrected chi connectivity index (χ4v) is 3.43. The van der Waals surface area contributed by atoms with E-state index >= 15 is 0 Å². The summed E-state index contributed by atoms with van der Waals surface area (Å²) in [6.45, 7) is 7.12. The summed E-state index contributed by atoms with van der Waals surface area (Å²) < 4.78 is 5.39. The zero-order chi connectivity index (χ0) is 13.5. The van der Waals surface area contributed by atoms with E-state index in [-0.39, 0.29) is 0 Å². The first-order chi connectivity index (χ1) is 9.33. The molecule has 0 aromatic carbocycles. The van der Waals surface area contributed by atoms with Crippen LogP contribution in [0.2, 0.25) is 0 Å². The van der Waals surface area contributed by atoms with Crippen LogP contribution in [0, 0.1) is 0 Å². The standard InChI is InChI=1S/C15H24N2OS/c1-3-14(16-4-2)15-6-5-13(11-17-15)19-12-7-9-18-10-8-12/h5-6,11-12,14,16H,3-4,7-10H2,1-2H3. The molecule has 2 rings (SSSR count). The molecule has 1 aliphatic heterocycles. The van der Waals surface area contributed by atoms with Crippen LogP contribution in [-0.4, -0.2) is 30.0 Å². The van der Waals surface area contributed by atoms with Crippen LogP contribution in [0.3, 0.4) is 0 Å². The number of hydrogen-bond donors (Lipinski definition) is 1. The van der Waals surface area contributed by atoms with Crippen molar-refractivity contribution in [3.63, 3.8) is 0 Å². The molecule has 1 N–H and O–H groups in total. The van der Waals surface area contributed by atoms with Gasteiger partial charge in [0.05, 0.1) is 5.69 Å². The van der Waals surface area contributed by atoms with Gasteiger partial charge in [0.25, 0.3) is 0 Å². The van der Waals surface area contributed by atoms with Crippen LogP contribution in [0.5, 0.6) is 0 Å². The van der Waals surface area contributed by atoms with Crippen LogP contribution >= 0.6 is 11.8 Å². The Morgan fingerprint density at radius 1 is 1.37 bits per heavy atom. The third-order valence-electron chi connectivity index (χ3n) is 3.45. The average Bonchev–Trinajstić information content (AvgIpc) is 2.47. The highest BCUT2D eigenvalue weighted by Crippen LogP contribution is 2.29. The Balaban J connectivity index is 1.93. The van der Waals surface area contributed by atoms with Crippen LogP contribution in [-0.2, 0) is 4.74 Å². The Bertz CT molecular complexity index is 363. The smallest absolute Gasteiger partial charge is 0.0573 e. The van der Waals surface area contributed by atoms with Gasteiger partial charge in [0, 0.05) is 35.6 Å². The molecular formula is C15H24N2OS. The Morgan fingerprint density at radius 3 is 2.74 bits per heavy atom. The maximum absolute atomic E-state index is 5.39. The number of hydrogen-bond acceptors (Lipinski definition) is 4. The summed E-state index contributed by atoms with van der Waals surface area (Å²) in [5.74, 6) is 0. The molecule has 1 atom stereocenters. The number of aromatic nitrogens is 1. The molecular weight excluding hydrogens is 256 g/mol. The minimum absolute atomic E-state index is 0.382. The van der Waals surface area contributed by atoms with Crippen molar-refractivity contribution in [2.45, 2.75) is 49.3 Å². The van der Waals surface area contributed by atoms with Crippen molar-refractivity contribution >= 4 is 11.8 Å². The van der Waals surface area contributed by atoms with Crippen molar-refractivity contribution in [2.24, 2.45) is 0 Å². The molecule has 1 saturated heterocycles. The predicted molar refractivity (Wildman–Crippen MR) is 80.6 cm³/mol. The fourth-order valence-electron chi connectivity index (χ4n) is 2.36. The molecule has 0 bridgehead atoms. The second kappa shape index (κ2) is 7.88. The number of thioether (sulfide) groups is 1. The van der Waals surface area contributed by atoms with Crippen molar-refractivity contribution in [2.75, 3.05) is 19.8 Å². The SMILES string of the molecule is CCNC(CC)c1ccc(SC2CCOCC2)cn1. The highest BCUT2D eigenvalue weighted by molar-refractivity contribution is 8.00. The maximum Gasteiger partial charge on any atom is 0.0573 e. The Kier molecular flexibility index (Phi) is 6.14. The van der Waals surface area contributed by atoms with Gasteiger partial charge in [-0.1, -0.05) is 13.8 Å². The van der Waals surface area contributed by atoms with Crippen LogP contribution < -0.4 is 5.32 Å². The van der Waals surface area contributed by atoms with Gasteiger partial charge in [-0.3, -0.25) is 4.98 Å². The molecule has 0 saturated carbocycles. The summed E-state index contributed by atoms with van der Waals surface area (Å²) in [6, 6.07) is 4.76. The Labute approximate surface area is 120 Å². The monoisotopic (exact) mass is 280 g/mol. The highest BCUT2D eigenvalue weighted by Gasteiger charge is 2.15. The average molecular weight is 280 g/mol. The lowest BCUT2D eigenvalue weighted by molar-refractivity contribution is 0.100. The summed E-state index contributed by atoms with van der Waals surface area (Å²) in [6.07, 6.45) is 5.41. The van der Waals surface area contributed by atoms with Crippen molar-refractivity contribution in [3.05, 3.63) is 24.0 Å². The normalized spacial score (nSPS) is 18.4. The Hall–Kier alpha value is -0.580. The lowest BCUT2D eigenvalue weighted by Crippen LogP contribution is -2.21. The molecule has 1 aromatic heterocycles. The lowest BCUT2D eigenvalue weighted by atomic mass is 10.1. The van der Waals surface area contributed by atoms with E-state index in [4.69, 9.17) is 4.74 Å². The van der Waals surface area contributed by atoms with Gasteiger partial charge in [-0.2, -0.15) is 0 Å². The second-order valence-electron chi connectivity index (χ2n) is 4.87. The molecule has 0 aliphatic carbocycles. The molecule has 106 valence electrons. The van der Waals surface area contributed by atoms with Crippen molar-refractivity contribution in [1.29, 1.82) is 0 Å². The van der Waals surface area contributed by atoms with Gasteiger partial charge >= 0.3 is 0 Å². The largest absolute Gasteiger partial charge is 0.381 e. The molecule has 1 aromatic rings. The van der Waals surface area contributed by atoms with E-state index in [9.17, 15) is 0 Å². The number of nitrogens with zero attached hydrogens (tertiary/aromatic N) is 1. The van der Waals surface area contributed by atoms with E-state index in [1.54, 1.807) is 0 Å². The van der Waals surface area contributed by atoms with Gasteiger partial charge in [0.2, 0.25) is 0 Å². The molecule has 0 spiro atoms. The number of pyridine rings is 1. The number of nitrogens with one attached hydrogen (secondary N) is 1. The van der Waals surface area contributed by atoms with E-state index in [0.717, 1.165) is 44.7 Å². The summed E-state index contributed by atoms with van der Waals surface area (Å²) in [4.78, 5) is 5.90. The minimum Gasteiger partial charge on any atom is -0.381 e. The van der Waals surface area contributed by atoms with Crippen LogP contribution in [0.25, 0.3) is 0 Å². The topological polar surface area (TPSA) is 34.1 Å². The van der Waals surface area contributed by atoms with E-state index in [1.807, 2.05) is 18.0 Å². The Morgan fingerprint density at radius 2 is 2.16 bits per heavy atom. The second-order valence-corrected chi connectivity index (χ2v) is 6.24. The van der Waals surface area contributed by atoms with Gasteiger partial charge in [-0.25, -0.2) is 0 Å². The third kappa shape index (κ3) is 4.48. The molecule has 4 heteroatoms. The number of rotatable bonds is 6. The van der Waals surface area contributed by atoms with Crippen molar-refractivity contribution in [1.82, 2.24) is 10.3 Å². The summed E-state index contributed by atoms with van der Waals surface area (Å²) in [7, 11) is 0. The predicted octanol–water partition coefficient (Wildman–Crippen LogP) is 3.41. The van der Waals surface area contributed by atoms with Gasteiger partial charge in [-0.05, 0) is 37.9 Å². The molecule has 1 aliphatic rings. The zero-order valence-electron chi connectivity index (χ0n) is 11.9. The minimum atomic E-state index is 0.382. The van der Waals surface area contributed by atoms with Gasteiger partial charge < -0.3 is 10.1 Å². The van der Waals surface area contributed by atoms with Gasteiger partial charge in [0.1, 0.15) is 0 Å². The quantitative estimate of drug-likeness (QED) is 0.866.